The average Bonchev–Trinajstić information content (AvgIpc) is 3.09. The molecule has 26 heavy (non-hydrogen) atoms. The number of halogens is 1. The van der Waals surface area contributed by atoms with Gasteiger partial charge in [-0.25, -0.2) is 9.97 Å². The highest BCUT2D eigenvalue weighted by Gasteiger charge is 2.08. The number of anilines is 1. The van der Waals surface area contributed by atoms with E-state index >= 15 is 0 Å². The van der Waals surface area contributed by atoms with Gasteiger partial charge in [-0.3, -0.25) is 5.10 Å². The van der Waals surface area contributed by atoms with Gasteiger partial charge < -0.3 is 5.32 Å². The second kappa shape index (κ2) is 6.82. The fraction of sp³-hybridized carbons (Fsp3) is 0.0526. The van der Waals surface area contributed by atoms with Crippen LogP contribution in [0.15, 0.2) is 54.9 Å². The van der Waals surface area contributed by atoms with Gasteiger partial charge in [0, 0.05) is 28.4 Å². The number of nitrogens with one attached hydrogen (secondary N) is 2. The third kappa shape index (κ3) is 3.08. The quantitative estimate of drug-likeness (QED) is 0.570. The molecule has 0 saturated carbocycles. The number of hydrogen-bond donors (Lipinski definition) is 2. The summed E-state index contributed by atoms with van der Waals surface area (Å²) in [7, 11) is 0. The summed E-state index contributed by atoms with van der Waals surface area (Å²) in [4.78, 5) is 8.58. The van der Waals surface area contributed by atoms with Crippen LogP contribution in [0, 0.1) is 11.3 Å². The third-order valence-corrected chi connectivity index (χ3v) is 4.33. The van der Waals surface area contributed by atoms with Crippen LogP contribution in [0.25, 0.3) is 22.2 Å². The Morgan fingerprint density at radius 1 is 1.12 bits per heavy atom. The Kier molecular flexibility index (Phi) is 4.22. The summed E-state index contributed by atoms with van der Waals surface area (Å²) in [6, 6.07) is 15.0. The molecule has 0 amide bonds. The summed E-state index contributed by atoms with van der Waals surface area (Å²) in [5.41, 5.74) is 3.94. The Morgan fingerprint density at radius 2 is 2.04 bits per heavy atom. The Balaban J connectivity index is 1.57. The first-order chi connectivity index (χ1) is 12.7. The Hall–Kier alpha value is -3.43. The van der Waals surface area contributed by atoms with Crippen molar-refractivity contribution in [2.75, 3.05) is 5.32 Å². The van der Waals surface area contributed by atoms with E-state index in [2.05, 4.69) is 31.6 Å². The molecule has 0 radical (unpaired) electrons. The molecule has 1 aromatic carbocycles. The van der Waals surface area contributed by atoms with Gasteiger partial charge in [-0.2, -0.15) is 10.4 Å². The minimum absolute atomic E-state index is 0.517. The second-order valence-electron chi connectivity index (χ2n) is 5.66. The number of H-pyrrole nitrogens is 1. The van der Waals surface area contributed by atoms with Gasteiger partial charge in [-0.1, -0.05) is 17.7 Å². The lowest BCUT2D eigenvalue weighted by Crippen LogP contribution is -2.02. The fourth-order valence-electron chi connectivity index (χ4n) is 2.73. The van der Waals surface area contributed by atoms with Crippen LogP contribution in [0.5, 0.6) is 0 Å². The Labute approximate surface area is 154 Å². The van der Waals surface area contributed by atoms with Crippen molar-refractivity contribution >= 4 is 28.5 Å². The van der Waals surface area contributed by atoms with Crippen LogP contribution >= 0.6 is 11.6 Å². The average molecular weight is 361 g/mol. The van der Waals surface area contributed by atoms with Crippen molar-refractivity contribution in [1.29, 1.82) is 5.26 Å². The summed E-state index contributed by atoms with van der Waals surface area (Å²) in [5, 5.41) is 21.0. The molecular formula is C19H13ClN6. The van der Waals surface area contributed by atoms with Gasteiger partial charge in [0.2, 0.25) is 0 Å². The molecule has 4 rings (SSSR count). The third-order valence-electron chi connectivity index (χ3n) is 4.02. The summed E-state index contributed by atoms with van der Waals surface area (Å²) in [6.07, 6.45) is 3.44. The number of benzene rings is 1. The number of aromatic amines is 1. The molecule has 7 heteroatoms. The first-order valence-corrected chi connectivity index (χ1v) is 8.30. The van der Waals surface area contributed by atoms with Crippen LogP contribution in [0.3, 0.4) is 0 Å². The summed E-state index contributed by atoms with van der Waals surface area (Å²) >= 11 is 6.31. The molecule has 3 heterocycles. The van der Waals surface area contributed by atoms with E-state index in [1.54, 1.807) is 24.5 Å². The number of fused-ring (bicyclic) bond motifs is 1. The lowest BCUT2D eigenvalue weighted by molar-refractivity contribution is 0.983. The van der Waals surface area contributed by atoms with Crippen LogP contribution in [0.2, 0.25) is 5.02 Å². The molecule has 0 aliphatic heterocycles. The number of nitrogens with zero attached hydrogens (tertiary/aromatic N) is 4. The number of aromatic nitrogens is 4. The number of hydrogen-bond acceptors (Lipinski definition) is 5. The molecule has 4 aromatic rings. The van der Waals surface area contributed by atoms with Crippen molar-refractivity contribution in [3.8, 4) is 17.2 Å². The summed E-state index contributed by atoms with van der Waals surface area (Å²) in [6.45, 7) is 0.517. The van der Waals surface area contributed by atoms with E-state index in [1.165, 1.54) is 0 Å². The molecule has 0 unspecified atom stereocenters. The second-order valence-corrected chi connectivity index (χ2v) is 6.07. The predicted molar refractivity (Wildman–Crippen MR) is 101 cm³/mol. The summed E-state index contributed by atoms with van der Waals surface area (Å²) in [5.74, 6) is 0.711. The monoisotopic (exact) mass is 360 g/mol. The molecule has 2 N–H and O–H groups in total. The van der Waals surface area contributed by atoms with Crippen molar-refractivity contribution < 1.29 is 0 Å². The smallest absolute Gasteiger partial charge is 0.155 e. The van der Waals surface area contributed by atoms with Crippen LogP contribution in [0.1, 0.15) is 11.3 Å². The van der Waals surface area contributed by atoms with Crippen LogP contribution < -0.4 is 5.32 Å². The Bertz CT molecular complexity index is 1130. The molecule has 0 spiro atoms. The molecule has 3 aromatic heterocycles. The molecule has 0 saturated heterocycles. The van der Waals surface area contributed by atoms with Gasteiger partial charge in [-0.15, -0.1) is 0 Å². The zero-order chi connectivity index (χ0) is 17.9. The maximum absolute atomic E-state index is 8.96. The highest BCUT2D eigenvalue weighted by Crippen LogP contribution is 2.29. The minimum atomic E-state index is 0.517. The van der Waals surface area contributed by atoms with Gasteiger partial charge >= 0.3 is 0 Å². The SMILES string of the molecule is N#Cc1ccc(-c2ccnc(NCc3n[nH]c4ncccc34)c2)c(Cl)c1. The van der Waals surface area contributed by atoms with E-state index in [-0.39, 0.29) is 0 Å². The van der Waals surface area contributed by atoms with E-state index in [0.29, 0.717) is 22.9 Å². The first-order valence-electron chi connectivity index (χ1n) is 7.92. The molecular weight excluding hydrogens is 348 g/mol. The van der Waals surface area contributed by atoms with Crippen molar-refractivity contribution in [2.45, 2.75) is 6.54 Å². The topological polar surface area (TPSA) is 90.3 Å². The zero-order valence-electron chi connectivity index (χ0n) is 13.6. The van der Waals surface area contributed by atoms with Crippen LogP contribution in [0.4, 0.5) is 5.82 Å². The number of nitriles is 1. The van der Waals surface area contributed by atoms with E-state index in [9.17, 15) is 0 Å². The van der Waals surface area contributed by atoms with E-state index in [0.717, 1.165) is 27.9 Å². The van der Waals surface area contributed by atoms with E-state index in [4.69, 9.17) is 16.9 Å². The van der Waals surface area contributed by atoms with Crippen LogP contribution in [-0.2, 0) is 6.54 Å². The summed E-state index contributed by atoms with van der Waals surface area (Å²) < 4.78 is 0. The fourth-order valence-corrected chi connectivity index (χ4v) is 3.02. The zero-order valence-corrected chi connectivity index (χ0v) is 14.3. The molecule has 0 bridgehead atoms. The largest absolute Gasteiger partial charge is 0.364 e. The highest BCUT2D eigenvalue weighted by molar-refractivity contribution is 6.33. The van der Waals surface area contributed by atoms with Crippen molar-refractivity contribution in [3.63, 3.8) is 0 Å². The van der Waals surface area contributed by atoms with Crippen molar-refractivity contribution in [1.82, 2.24) is 20.2 Å². The molecule has 6 nitrogen and oxygen atoms in total. The Morgan fingerprint density at radius 3 is 2.88 bits per heavy atom. The van der Waals surface area contributed by atoms with Gasteiger partial charge in [0.15, 0.2) is 5.65 Å². The lowest BCUT2D eigenvalue weighted by atomic mass is 10.1. The molecule has 0 aliphatic carbocycles. The normalized spacial score (nSPS) is 10.6. The van der Waals surface area contributed by atoms with Gasteiger partial charge in [0.1, 0.15) is 5.82 Å². The standard InChI is InChI=1S/C19H13ClN6/c20-16-8-12(10-21)3-4-14(16)13-5-7-22-18(9-13)24-11-17-15-2-1-6-23-19(15)26-25-17/h1-9H,11H2,(H,22,24)(H,23,25,26). The number of pyridine rings is 2. The van der Waals surface area contributed by atoms with Gasteiger partial charge in [0.05, 0.1) is 23.9 Å². The van der Waals surface area contributed by atoms with Crippen LogP contribution in [-0.4, -0.2) is 20.2 Å². The molecule has 0 fully saturated rings. The molecule has 0 atom stereocenters. The molecule has 0 aliphatic rings. The van der Waals surface area contributed by atoms with Gasteiger partial charge in [-0.05, 0) is 42.0 Å². The highest BCUT2D eigenvalue weighted by atomic mass is 35.5. The first kappa shape index (κ1) is 16.1. The van der Waals surface area contributed by atoms with E-state index < -0.39 is 0 Å². The van der Waals surface area contributed by atoms with Crippen molar-refractivity contribution in [2.24, 2.45) is 0 Å². The van der Waals surface area contributed by atoms with E-state index in [1.807, 2.05) is 30.3 Å². The minimum Gasteiger partial charge on any atom is -0.364 e. The predicted octanol–water partition coefficient (Wildman–Crippen LogP) is 4.16. The van der Waals surface area contributed by atoms with Gasteiger partial charge in [0.25, 0.3) is 0 Å². The maximum Gasteiger partial charge on any atom is 0.155 e. The molecule has 126 valence electrons. The van der Waals surface area contributed by atoms with Crippen molar-refractivity contribution in [3.05, 3.63) is 71.1 Å². The maximum atomic E-state index is 8.96. The number of rotatable bonds is 4. The lowest BCUT2D eigenvalue weighted by Gasteiger charge is -2.08.